The van der Waals surface area contributed by atoms with Crippen LogP contribution in [0.1, 0.15) is 19.8 Å². The zero-order chi connectivity index (χ0) is 13.0. The standard InChI is InChI=1S/C11H18BrN5O/c1-7(8-2-4-18-5-3-8)15-10-9(12)6-14-11(16-10)17-13/h6-8H,2-5,13H2,1H3,(H2,14,15,16,17). The van der Waals surface area contributed by atoms with Gasteiger partial charge in [0.1, 0.15) is 5.82 Å². The first-order valence-corrected chi connectivity index (χ1v) is 6.83. The van der Waals surface area contributed by atoms with Crippen molar-refractivity contribution in [2.45, 2.75) is 25.8 Å². The third-order valence-corrected chi connectivity index (χ3v) is 3.79. The summed E-state index contributed by atoms with van der Waals surface area (Å²) in [6.07, 6.45) is 3.85. The van der Waals surface area contributed by atoms with E-state index in [4.69, 9.17) is 10.6 Å². The van der Waals surface area contributed by atoms with Gasteiger partial charge in [-0.3, -0.25) is 5.43 Å². The maximum absolute atomic E-state index is 5.37. The first-order valence-electron chi connectivity index (χ1n) is 6.04. The van der Waals surface area contributed by atoms with E-state index in [1.165, 1.54) is 0 Å². The lowest BCUT2D eigenvalue weighted by molar-refractivity contribution is 0.0622. The molecule has 6 nitrogen and oxygen atoms in total. The molecule has 1 unspecified atom stereocenters. The molecule has 2 rings (SSSR count). The number of hydrogen-bond acceptors (Lipinski definition) is 6. The predicted octanol–water partition coefficient (Wildman–Crippen LogP) is 1.75. The Bertz CT molecular complexity index is 397. The van der Waals surface area contributed by atoms with E-state index < -0.39 is 0 Å². The molecule has 4 N–H and O–H groups in total. The molecule has 0 aromatic carbocycles. The zero-order valence-corrected chi connectivity index (χ0v) is 11.9. The van der Waals surface area contributed by atoms with Crippen LogP contribution in [0.5, 0.6) is 0 Å². The fourth-order valence-electron chi connectivity index (χ4n) is 2.09. The summed E-state index contributed by atoms with van der Waals surface area (Å²) in [6, 6.07) is 0.339. The molecule has 0 radical (unpaired) electrons. The molecular formula is C11H18BrN5O. The molecule has 18 heavy (non-hydrogen) atoms. The van der Waals surface area contributed by atoms with Crippen molar-refractivity contribution in [1.82, 2.24) is 9.97 Å². The summed E-state index contributed by atoms with van der Waals surface area (Å²) in [6.45, 7) is 3.86. The second-order valence-electron chi connectivity index (χ2n) is 4.42. The molecule has 1 atom stereocenters. The van der Waals surface area contributed by atoms with Crippen LogP contribution in [0.3, 0.4) is 0 Å². The van der Waals surface area contributed by atoms with E-state index >= 15 is 0 Å². The van der Waals surface area contributed by atoms with Crippen molar-refractivity contribution in [3.8, 4) is 0 Å². The molecule has 0 saturated carbocycles. The second-order valence-corrected chi connectivity index (χ2v) is 5.27. The van der Waals surface area contributed by atoms with Gasteiger partial charge < -0.3 is 10.1 Å². The summed E-state index contributed by atoms with van der Waals surface area (Å²) in [5.41, 5.74) is 2.44. The Balaban J connectivity index is 2.03. The smallest absolute Gasteiger partial charge is 0.239 e. The van der Waals surface area contributed by atoms with Gasteiger partial charge in [-0.15, -0.1) is 0 Å². The van der Waals surface area contributed by atoms with Crippen LogP contribution in [-0.4, -0.2) is 29.2 Å². The number of nitrogens with one attached hydrogen (secondary N) is 2. The molecule has 0 spiro atoms. The highest BCUT2D eigenvalue weighted by Gasteiger charge is 2.21. The molecule has 1 aliphatic rings. The summed E-state index contributed by atoms with van der Waals surface area (Å²) in [5.74, 6) is 7.08. The molecule has 1 aromatic rings. The van der Waals surface area contributed by atoms with Crippen molar-refractivity contribution in [3.63, 3.8) is 0 Å². The summed E-state index contributed by atoms with van der Waals surface area (Å²) < 4.78 is 6.20. The van der Waals surface area contributed by atoms with E-state index in [1.54, 1.807) is 6.20 Å². The number of anilines is 2. The molecule has 1 saturated heterocycles. The number of ether oxygens (including phenoxy) is 1. The van der Waals surface area contributed by atoms with Gasteiger partial charge in [-0.1, -0.05) is 0 Å². The molecule has 1 aliphatic heterocycles. The van der Waals surface area contributed by atoms with E-state index in [0.717, 1.165) is 36.3 Å². The van der Waals surface area contributed by atoms with Crippen LogP contribution in [0.25, 0.3) is 0 Å². The number of nitrogens with zero attached hydrogens (tertiary/aromatic N) is 2. The summed E-state index contributed by atoms with van der Waals surface area (Å²) >= 11 is 3.43. The lowest BCUT2D eigenvalue weighted by Crippen LogP contribution is -2.31. The number of halogens is 1. The van der Waals surface area contributed by atoms with Gasteiger partial charge in [0.05, 0.1) is 4.47 Å². The molecule has 7 heteroatoms. The Labute approximate surface area is 115 Å². The number of aromatic nitrogens is 2. The first-order chi connectivity index (χ1) is 8.70. The van der Waals surface area contributed by atoms with Crippen molar-refractivity contribution in [1.29, 1.82) is 0 Å². The van der Waals surface area contributed by atoms with E-state index in [1.807, 2.05) is 0 Å². The Morgan fingerprint density at radius 3 is 2.89 bits per heavy atom. The van der Waals surface area contributed by atoms with Crippen LogP contribution in [0.15, 0.2) is 10.7 Å². The van der Waals surface area contributed by atoms with E-state index in [9.17, 15) is 0 Å². The van der Waals surface area contributed by atoms with Crippen molar-refractivity contribution in [3.05, 3.63) is 10.7 Å². The van der Waals surface area contributed by atoms with Crippen LogP contribution in [-0.2, 0) is 4.74 Å². The maximum atomic E-state index is 5.37. The number of nitrogen functional groups attached to an aromatic ring is 1. The highest BCUT2D eigenvalue weighted by Crippen LogP contribution is 2.25. The highest BCUT2D eigenvalue weighted by molar-refractivity contribution is 9.10. The fraction of sp³-hybridized carbons (Fsp3) is 0.636. The van der Waals surface area contributed by atoms with Crippen LogP contribution in [0.4, 0.5) is 11.8 Å². The fourth-order valence-corrected chi connectivity index (χ4v) is 2.39. The molecular weight excluding hydrogens is 298 g/mol. The van der Waals surface area contributed by atoms with Gasteiger partial charge in [0.15, 0.2) is 0 Å². The van der Waals surface area contributed by atoms with Crippen molar-refractivity contribution in [2.24, 2.45) is 11.8 Å². The number of nitrogens with two attached hydrogens (primary N) is 1. The predicted molar refractivity (Wildman–Crippen MR) is 74.2 cm³/mol. The molecule has 2 heterocycles. The minimum Gasteiger partial charge on any atom is -0.381 e. The highest BCUT2D eigenvalue weighted by atomic mass is 79.9. The van der Waals surface area contributed by atoms with Gasteiger partial charge in [0.2, 0.25) is 5.95 Å². The Kier molecular flexibility index (Phi) is 4.73. The molecule has 1 aromatic heterocycles. The van der Waals surface area contributed by atoms with Crippen LogP contribution >= 0.6 is 15.9 Å². The quantitative estimate of drug-likeness (QED) is 0.580. The zero-order valence-electron chi connectivity index (χ0n) is 10.3. The van der Waals surface area contributed by atoms with Gasteiger partial charge >= 0.3 is 0 Å². The minimum absolute atomic E-state index is 0.339. The second kappa shape index (κ2) is 6.31. The maximum Gasteiger partial charge on any atom is 0.239 e. The van der Waals surface area contributed by atoms with Crippen LogP contribution in [0.2, 0.25) is 0 Å². The Hall–Kier alpha value is -0.920. The molecule has 1 fully saturated rings. The number of hydrazine groups is 1. The SMILES string of the molecule is CC(Nc1nc(NN)ncc1Br)C1CCOCC1. The minimum atomic E-state index is 0.339. The monoisotopic (exact) mass is 315 g/mol. The molecule has 0 aliphatic carbocycles. The van der Waals surface area contributed by atoms with Gasteiger partial charge in [0, 0.05) is 25.5 Å². The third kappa shape index (κ3) is 3.30. The molecule has 0 amide bonds. The van der Waals surface area contributed by atoms with E-state index in [0.29, 0.717) is 17.9 Å². The largest absolute Gasteiger partial charge is 0.381 e. The topological polar surface area (TPSA) is 85.1 Å². The average molecular weight is 316 g/mol. The van der Waals surface area contributed by atoms with Crippen molar-refractivity contribution >= 4 is 27.7 Å². The summed E-state index contributed by atoms with van der Waals surface area (Å²) in [7, 11) is 0. The molecule has 100 valence electrons. The van der Waals surface area contributed by atoms with Gasteiger partial charge in [-0.2, -0.15) is 4.98 Å². The number of hydrogen-bond donors (Lipinski definition) is 3. The van der Waals surface area contributed by atoms with Crippen molar-refractivity contribution in [2.75, 3.05) is 24.0 Å². The average Bonchev–Trinajstić information content (AvgIpc) is 2.42. The lowest BCUT2D eigenvalue weighted by Gasteiger charge is -2.28. The van der Waals surface area contributed by atoms with Gasteiger partial charge in [-0.05, 0) is 41.6 Å². The first kappa shape index (κ1) is 13.5. The summed E-state index contributed by atoms with van der Waals surface area (Å²) in [4.78, 5) is 8.31. The van der Waals surface area contributed by atoms with Gasteiger partial charge in [0.25, 0.3) is 0 Å². The van der Waals surface area contributed by atoms with Crippen molar-refractivity contribution < 1.29 is 4.74 Å². The third-order valence-electron chi connectivity index (χ3n) is 3.21. The summed E-state index contributed by atoms with van der Waals surface area (Å²) in [5, 5.41) is 3.41. The van der Waals surface area contributed by atoms with E-state index in [-0.39, 0.29) is 0 Å². The van der Waals surface area contributed by atoms with Crippen LogP contribution < -0.4 is 16.6 Å². The lowest BCUT2D eigenvalue weighted by atomic mass is 9.93. The van der Waals surface area contributed by atoms with Crippen LogP contribution in [0, 0.1) is 5.92 Å². The Morgan fingerprint density at radius 1 is 1.50 bits per heavy atom. The van der Waals surface area contributed by atoms with E-state index in [2.05, 4.69) is 43.6 Å². The molecule has 0 bridgehead atoms. The Morgan fingerprint density at radius 2 is 2.22 bits per heavy atom. The normalized spacial score (nSPS) is 18.4. The number of rotatable bonds is 4. The van der Waals surface area contributed by atoms with Gasteiger partial charge in [-0.25, -0.2) is 10.8 Å².